The monoisotopic (exact) mass is 269 g/mol. The molecular weight excluding hydrogens is 250 g/mol. The Labute approximate surface area is 118 Å². The van der Waals surface area contributed by atoms with Crippen molar-refractivity contribution in [2.75, 3.05) is 19.6 Å². The van der Waals surface area contributed by atoms with E-state index in [4.69, 9.17) is 5.73 Å². The molecule has 2 N–H and O–H groups in total. The zero-order chi connectivity index (χ0) is 13.9. The topological polar surface area (TPSA) is 59.2 Å². The van der Waals surface area contributed by atoms with Crippen LogP contribution in [0.4, 0.5) is 0 Å². The average Bonchev–Trinajstić information content (AvgIpc) is 2.49. The van der Waals surface area contributed by atoms with Gasteiger partial charge in [0.05, 0.1) is 6.54 Å². The Kier molecular flexibility index (Phi) is 3.76. The Bertz CT molecular complexity index is 613. The van der Waals surface area contributed by atoms with E-state index < -0.39 is 0 Å². The van der Waals surface area contributed by atoms with Crippen LogP contribution >= 0.6 is 0 Å². The molecule has 1 aliphatic heterocycles. The number of nitrogens with two attached hydrogens (primary N) is 1. The van der Waals surface area contributed by atoms with Crippen LogP contribution in [0.2, 0.25) is 0 Å². The number of hydrogen-bond donors (Lipinski definition) is 1. The van der Waals surface area contributed by atoms with Crippen molar-refractivity contribution in [3.63, 3.8) is 0 Å². The second kappa shape index (κ2) is 5.69. The second-order valence-electron chi connectivity index (χ2n) is 5.44. The first-order valence-electron chi connectivity index (χ1n) is 7.08. The van der Waals surface area contributed by atoms with E-state index in [9.17, 15) is 4.79 Å². The zero-order valence-electron chi connectivity index (χ0n) is 11.5. The highest BCUT2D eigenvalue weighted by Crippen LogP contribution is 2.19. The van der Waals surface area contributed by atoms with Gasteiger partial charge in [0.2, 0.25) is 0 Å². The fourth-order valence-corrected chi connectivity index (χ4v) is 2.76. The molecule has 4 heteroatoms. The molecular formula is C16H19N3O. The third-order valence-corrected chi connectivity index (χ3v) is 3.98. The Morgan fingerprint density at radius 1 is 1.30 bits per heavy atom. The van der Waals surface area contributed by atoms with Gasteiger partial charge in [-0.25, -0.2) is 0 Å². The largest absolute Gasteiger partial charge is 0.328 e. The third-order valence-electron chi connectivity index (χ3n) is 3.98. The normalized spacial score (nSPS) is 17.4. The highest BCUT2D eigenvalue weighted by molar-refractivity contribution is 6.08. The molecule has 1 aliphatic rings. The van der Waals surface area contributed by atoms with Crippen molar-refractivity contribution in [1.82, 2.24) is 9.88 Å². The van der Waals surface area contributed by atoms with Gasteiger partial charge in [0, 0.05) is 42.5 Å². The number of ketones is 1. The summed E-state index contributed by atoms with van der Waals surface area (Å²) in [6, 6.07) is 8.06. The van der Waals surface area contributed by atoms with Gasteiger partial charge in [0.1, 0.15) is 0 Å². The molecule has 0 saturated carbocycles. The summed E-state index contributed by atoms with van der Waals surface area (Å²) in [7, 11) is 0. The maximum absolute atomic E-state index is 12.5. The number of piperidine rings is 1. The second-order valence-corrected chi connectivity index (χ2v) is 5.44. The average molecular weight is 269 g/mol. The van der Waals surface area contributed by atoms with Crippen molar-refractivity contribution in [3.8, 4) is 0 Å². The molecule has 2 aromatic rings. The molecule has 1 aromatic carbocycles. The van der Waals surface area contributed by atoms with E-state index in [0.717, 1.165) is 42.3 Å². The Balaban J connectivity index is 1.79. The molecule has 0 bridgehead atoms. The first kappa shape index (κ1) is 13.2. The number of rotatable bonds is 3. The molecule has 0 radical (unpaired) electrons. The van der Waals surface area contributed by atoms with Gasteiger partial charge in [-0.1, -0.05) is 18.2 Å². The van der Waals surface area contributed by atoms with Crippen LogP contribution in [0.25, 0.3) is 10.8 Å². The molecule has 104 valence electrons. The highest BCUT2D eigenvalue weighted by atomic mass is 16.1. The van der Waals surface area contributed by atoms with Gasteiger partial charge >= 0.3 is 0 Å². The van der Waals surface area contributed by atoms with Crippen molar-refractivity contribution in [2.24, 2.45) is 5.73 Å². The predicted molar refractivity (Wildman–Crippen MR) is 79.7 cm³/mol. The molecule has 3 rings (SSSR count). The van der Waals surface area contributed by atoms with Gasteiger partial charge in [-0.3, -0.25) is 14.7 Å². The molecule has 0 unspecified atom stereocenters. The molecule has 1 saturated heterocycles. The van der Waals surface area contributed by atoms with E-state index in [1.54, 1.807) is 12.4 Å². The van der Waals surface area contributed by atoms with Gasteiger partial charge in [-0.2, -0.15) is 0 Å². The predicted octanol–water partition coefficient (Wildman–Crippen LogP) is 1.84. The van der Waals surface area contributed by atoms with Crippen LogP contribution in [0.3, 0.4) is 0 Å². The summed E-state index contributed by atoms with van der Waals surface area (Å²) >= 11 is 0. The number of Topliss-reactive ketones (excluding diaryl/α,β-unsaturated/α-hetero) is 1. The fraction of sp³-hybridized carbons (Fsp3) is 0.375. The number of pyridine rings is 1. The van der Waals surface area contributed by atoms with E-state index >= 15 is 0 Å². The lowest BCUT2D eigenvalue weighted by Gasteiger charge is -2.29. The van der Waals surface area contributed by atoms with Crippen molar-refractivity contribution >= 4 is 16.6 Å². The van der Waals surface area contributed by atoms with Crippen molar-refractivity contribution < 1.29 is 4.79 Å². The molecule has 1 aromatic heterocycles. The number of likely N-dealkylation sites (tertiary alicyclic amines) is 1. The number of aromatic nitrogens is 1. The number of nitrogens with zero attached hydrogens (tertiary/aromatic N) is 2. The van der Waals surface area contributed by atoms with Crippen LogP contribution in [0.15, 0.2) is 36.7 Å². The van der Waals surface area contributed by atoms with Crippen LogP contribution in [0.1, 0.15) is 23.2 Å². The molecule has 0 atom stereocenters. The van der Waals surface area contributed by atoms with E-state index in [-0.39, 0.29) is 5.78 Å². The molecule has 2 heterocycles. The Morgan fingerprint density at radius 3 is 2.90 bits per heavy atom. The van der Waals surface area contributed by atoms with Crippen LogP contribution in [-0.2, 0) is 0 Å². The van der Waals surface area contributed by atoms with Gasteiger partial charge in [0.15, 0.2) is 5.78 Å². The van der Waals surface area contributed by atoms with E-state index in [0.29, 0.717) is 12.6 Å². The van der Waals surface area contributed by atoms with Gasteiger partial charge < -0.3 is 5.73 Å². The minimum absolute atomic E-state index is 0.166. The quantitative estimate of drug-likeness (QED) is 0.864. The van der Waals surface area contributed by atoms with Crippen LogP contribution in [-0.4, -0.2) is 41.3 Å². The minimum Gasteiger partial charge on any atom is -0.328 e. The van der Waals surface area contributed by atoms with Crippen LogP contribution in [0.5, 0.6) is 0 Å². The first-order valence-corrected chi connectivity index (χ1v) is 7.08. The maximum atomic E-state index is 12.5. The Morgan fingerprint density at radius 2 is 2.10 bits per heavy atom. The number of benzene rings is 1. The van der Waals surface area contributed by atoms with Gasteiger partial charge in [0.25, 0.3) is 0 Å². The summed E-state index contributed by atoms with van der Waals surface area (Å²) < 4.78 is 0. The SMILES string of the molecule is NC1CCN(CC(=O)c2cccc3ccncc23)CC1. The zero-order valence-corrected chi connectivity index (χ0v) is 11.5. The number of carbonyl (C=O) groups excluding carboxylic acids is 1. The summed E-state index contributed by atoms with van der Waals surface area (Å²) in [5.74, 6) is 0.166. The maximum Gasteiger partial charge on any atom is 0.177 e. The van der Waals surface area contributed by atoms with Gasteiger partial charge in [-0.05, 0) is 24.3 Å². The lowest BCUT2D eigenvalue weighted by Crippen LogP contribution is -2.41. The van der Waals surface area contributed by atoms with Crippen molar-refractivity contribution in [3.05, 3.63) is 42.2 Å². The standard InChI is InChI=1S/C16H19N3O/c17-13-5-8-19(9-6-13)11-16(20)14-3-1-2-12-4-7-18-10-15(12)14/h1-4,7,10,13H,5-6,8-9,11,17H2. The van der Waals surface area contributed by atoms with E-state index in [1.807, 2.05) is 24.3 Å². The molecule has 20 heavy (non-hydrogen) atoms. The summed E-state index contributed by atoms with van der Waals surface area (Å²) in [5, 5.41) is 2.00. The summed E-state index contributed by atoms with van der Waals surface area (Å²) in [5.41, 5.74) is 6.66. The van der Waals surface area contributed by atoms with Crippen molar-refractivity contribution in [1.29, 1.82) is 0 Å². The number of fused-ring (bicyclic) bond motifs is 1. The third kappa shape index (κ3) is 2.71. The summed E-state index contributed by atoms with van der Waals surface area (Å²) in [6.45, 7) is 2.30. The fourth-order valence-electron chi connectivity index (χ4n) is 2.76. The number of carbonyl (C=O) groups is 1. The smallest absolute Gasteiger partial charge is 0.177 e. The summed E-state index contributed by atoms with van der Waals surface area (Å²) in [6.07, 6.45) is 5.48. The molecule has 0 spiro atoms. The highest BCUT2D eigenvalue weighted by Gasteiger charge is 2.19. The first-order chi connectivity index (χ1) is 9.74. The molecule has 0 aliphatic carbocycles. The lowest BCUT2D eigenvalue weighted by molar-refractivity contribution is 0.0911. The molecule has 4 nitrogen and oxygen atoms in total. The Hall–Kier alpha value is -1.78. The lowest BCUT2D eigenvalue weighted by atomic mass is 10.0. The molecule has 1 fully saturated rings. The van der Waals surface area contributed by atoms with E-state index in [2.05, 4.69) is 9.88 Å². The van der Waals surface area contributed by atoms with Crippen molar-refractivity contribution in [2.45, 2.75) is 18.9 Å². The summed E-state index contributed by atoms with van der Waals surface area (Å²) in [4.78, 5) is 18.8. The molecule has 0 amide bonds. The van der Waals surface area contributed by atoms with Crippen LogP contribution < -0.4 is 5.73 Å². The minimum atomic E-state index is 0.166. The van der Waals surface area contributed by atoms with Crippen LogP contribution in [0, 0.1) is 0 Å². The van der Waals surface area contributed by atoms with Gasteiger partial charge in [-0.15, -0.1) is 0 Å². The number of hydrogen-bond acceptors (Lipinski definition) is 4. The van der Waals surface area contributed by atoms with E-state index in [1.165, 1.54) is 0 Å².